The van der Waals surface area contributed by atoms with Crippen molar-refractivity contribution in [3.8, 4) is 11.8 Å². The van der Waals surface area contributed by atoms with Gasteiger partial charge in [-0.1, -0.05) is 12.1 Å². The minimum absolute atomic E-state index is 0.0525. The van der Waals surface area contributed by atoms with Gasteiger partial charge in [0.15, 0.2) is 0 Å². The molecule has 1 unspecified atom stereocenters. The van der Waals surface area contributed by atoms with Gasteiger partial charge in [-0.2, -0.15) is 5.26 Å². The fourth-order valence-corrected chi connectivity index (χ4v) is 1.55. The standard InChI is InChI=1S/C15H20N2O2/c1-11(2)19-14-7-5-4-6-13(14)17-15(18)9-8-12(3)10-16/h4-7,11-12H,8-9H2,1-3H3,(H,17,18). The minimum Gasteiger partial charge on any atom is -0.489 e. The van der Waals surface area contributed by atoms with Gasteiger partial charge < -0.3 is 10.1 Å². The molecule has 0 aromatic heterocycles. The van der Waals surface area contributed by atoms with Crippen molar-refractivity contribution in [3.05, 3.63) is 24.3 Å². The molecule has 1 aromatic carbocycles. The number of nitrogens with zero attached hydrogens (tertiary/aromatic N) is 1. The first-order chi connectivity index (χ1) is 9.02. The Morgan fingerprint density at radius 2 is 2.05 bits per heavy atom. The molecule has 1 amide bonds. The summed E-state index contributed by atoms with van der Waals surface area (Å²) in [6.45, 7) is 5.68. The summed E-state index contributed by atoms with van der Waals surface area (Å²) in [5.41, 5.74) is 0.672. The van der Waals surface area contributed by atoms with Gasteiger partial charge in [-0.15, -0.1) is 0 Å². The molecule has 0 fully saturated rings. The quantitative estimate of drug-likeness (QED) is 0.853. The van der Waals surface area contributed by atoms with E-state index in [4.69, 9.17) is 10.00 Å². The topological polar surface area (TPSA) is 62.1 Å². The van der Waals surface area contributed by atoms with Crippen LogP contribution in [0.4, 0.5) is 5.69 Å². The zero-order valence-corrected chi connectivity index (χ0v) is 11.6. The Morgan fingerprint density at radius 1 is 1.37 bits per heavy atom. The lowest BCUT2D eigenvalue weighted by Crippen LogP contribution is -2.14. The van der Waals surface area contributed by atoms with Crippen molar-refractivity contribution in [2.24, 2.45) is 5.92 Å². The van der Waals surface area contributed by atoms with Gasteiger partial charge in [0.05, 0.1) is 17.9 Å². The second kappa shape index (κ2) is 7.42. The van der Waals surface area contributed by atoms with Gasteiger partial charge in [0.25, 0.3) is 0 Å². The highest BCUT2D eigenvalue weighted by molar-refractivity contribution is 5.92. The van der Waals surface area contributed by atoms with Gasteiger partial charge in [0.2, 0.25) is 5.91 Å². The van der Waals surface area contributed by atoms with E-state index < -0.39 is 0 Å². The summed E-state index contributed by atoms with van der Waals surface area (Å²) in [5.74, 6) is 0.467. The Labute approximate surface area is 114 Å². The van der Waals surface area contributed by atoms with Crippen LogP contribution in [0.5, 0.6) is 5.75 Å². The van der Waals surface area contributed by atoms with Crippen LogP contribution in [0, 0.1) is 17.2 Å². The fraction of sp³-hybridized carbons (Fsp3) is 0.467. The summed E-state index contributed by atoms with van der Waals surface area (Å²) in [7, 11) is 0. The van der Waals surface area contributed by atoms with Crippen LogP contribution in [0.25, 0.3) is 0 Å². The van der Waals surface area contributed by atoms with E-state index in [2.05, 4.69) is 11.4 Å². The van der Waals surface area contributed by atoms with Crippen LogP contribution in [-0.2, 0) is 4.79 Å². The van der Waals surface area contributed by atoms with Crippen molar-refractivity contribution in [3.63, 3.8) is 0 Å². The van der Waals surface area contributed by atoms with Crippen molar-refractivity contribution in [2.45, 2.75) is 39.7 Å². The average Bonchev–Trinajstić information content (AvgIpc) is 2.37. The Hall–Kier alpha value is -2.02. The van der Waals surface area contributed by atoms with Crippen LogP contribution in [0.3, 0.4) is 0 Å². The molecular weight excluding hydrogens is 240 g/mol. The number of amides is 1. The number of anilines is 1. The van der Waals surface area contributed by atoms with E-state index in [-0.39, 0.29) is 17.9 Å². The lowest BCUT2D eigenvalue weighted by molar-refractivity contribution is -0.116. The summed E-state index contributed by atoms with van der Waals surface area (Å²) in [5, 5.41) is 11.5. The van der Waals surface area contributed by atoms with Crippen LogP contribution in [-0.4, -0.2) is 12.0 Å². The number of nitrogens with one attached hydrogen (secondary N) is 1. The summed E-state index contributed by atoms with van der Waals surface area (Å²) in [6, 6.07) is 9.47. The molecule has 0 spiro atoms. The Kier molecular flexibility index (Phi) is 5.87. The van der Waals surface area contributed by atoms with Crippen molar-refractivity contribution >= 4 is 11.6 Å². The maximum Gasteiger partial charge on any atom is 0.224 e. The molecule has 4 heteroatoms. The average molecular weight is 260 g/mol. The van der Waals surface area contributed by atoms with Crippen molar-refractivity contribution in [2.75, 3.05) is 5.32 Å². The Balaban J connectivity index is 2.61. The number of hydrogen-bond donors (Lipinski definition) is 1. The van der Waals surface area contributed by atoms with Crippen molar-refractivity contribution in [1.29, 1.82) is 5.26 Å². The number of ether oxygens (including phenoxy) is 1. The number of hydrogen-bond acceptors (Lipinski definition) is 3. The minimum atomic E-state index is -0.104. The third-order valence-corrected chi connectivity index (χ3v) is 2.55. The third kappa shape index (κ3) is 5.43. The summed E-state index contributed by atoms with van der Waals surface area (Å²) in [4.78, 5) is 11.8. The van der Waals surface area contributed by atoms with E-state index in [1.54, 1.807) is 0 Å². The zero-order valence-electron chi connectivity index (χ0n) is 11.6. The summed E-state index contributed by atoms with van der Waals surface area (Å²) >= 11 is 0. The Morgan fingerprint density at radius 3 is 2.68 bits per heavy atom. The monoisotopic (exact) mass is 260 g/mol. The lowest BCUT2D eigenvalue weighted by atomic mass is 10.1. The molecule has 0 heterocycles. The molecule has 1 aromatic rings. The van der Waals surface area contributed by atoms with E-state index >= 15 is 0 Å². The van der Waals surface area contributed by atoms with Gasteiger partial charge in [-0.3, -0.25) is 4.79 Å². The molecule has 0 radical (unpaired) electrons. The predicted molar refractivity (Wildman–Crippen MR) is 74.8 cm³/mol. The molecule has 1 atom stereocenters. The van der Waals surface area contributed by atoms with Crippen LogP contribution >= 0.6 is 0 Å². The molecule has 4 nitrogen and oxygen atoms in total. The molecule has 0 aliphatic carbocycles. The van der Waals surface area contributed by atoms with E-state index in [9.17, 15) is 4.79 Å². The second-order valence-electron chi connectivity index (χ2n) is 4.78. The molecule has 0 aliphatic heterocycles. The number of rotatable bonds is 6. The largest absolute Gasteiger partial charge is 0.489 e. The molecule has 0 bridgehead atoms. The van der Waals surface area contributed by atoms with Crippen LogP contribution < -0.4 is 10.1 Å². The van der Waals surface area contributed by atoms with E-state index in [1.807, 2.05) is 45.0 Å². The van der Waals surface area contributed by atoms with E-state index in [0.29, 0.717) is 24.3 Å². The second-order valence-corrected chi connectivity index (χ2v) is 4.78. The van der Waals surface area contributed by atoms with Gasteiger partial charge in [-0.25, -0.2) is 0 Å². The van der Waals surface area contributed by atoms with Gasteiger partial charge in [0.1, 0.15) is 5.75 Å². The van der Waals surface area contributed by atoms with E-state index in [0.717, 1.165) is 0 Å². The van der Waals surface area contributed by atoms with E-state index in [1.165, 1.54) is 0 Å². The van der Waals surface area contributed by atoms with Crippen LogP contribution in [0.2, 0.25) is 0 Å². The molecule has 0 aliphatic rings. The van der Waals surface area contributed by atoms with Crippen LogP contribution in [0.1, 0.15) is 33.6 Å². The Bertz CT molecular complexity index is 463. The predicted octanol–water partition coefficient (Wildman–Crippen LogP) is 3.35. The normalized spacial score (nSPS) is 11.7. The van der Waals surface area contributed by atoms with Crippen LogP contribution in [0.15, 0.2) is 24.3 Å². The molecule has 0 saturated heterocycles. The maximum atomic E-state index is 11.8. The van der Waals surface area contributed by atoms with Gasteiger partial charge in [-0.05, 0) is 39.3 Å². The molecule has 19 heavy (non-hydrogen) atoms. The fourth-order valence-electron chi connectivity index (χ4n) is 1.55. The highest BCUT2D eigenvalue weighted by Crippen LogP contribution is 2.25. The van der Waals surface area contributed by atoms with Gasteiger partial charge >= 0.3 is 0 Å². The molecule has 1 N–H and O–H groups in total. The lowest BCUT2D eigenvalue weighted by Gasteiger charge is -2.14. The van der Waals surface area contributed by atoms with Crippen molar-refractivity contribution in [1.82, 2.24) is 0 Å². The summed E-state index contributed by atoms with van der Waals surface area (Å²) < 4.78 is 5.63. The SMILES string of the molecule is CC(C#N)CCC(=O)Nc1ccccc1OC(C)C. The number of para-hydroxylation sites is 2. The first-order valence-electron chi connectivity index (χ1n) is 6.48. The highest BCUT2D eigenvalue weighted by Gasteiger charge is 2.10. The number of carbonyl (C=O) groups excluding carboxylic acids is 1. The first-order valence-corrected chi connectivity index (χ1v) is 6.48. The number of nitriles is 1. The molecule has 102 valence electrons. The smallest absolute Gasteiger partial charge is 0.224 e. The third-order valence-electron chi connectivity index (χ3n) is 2.55. The molecule has 0 saturated carbocycles. The summed E-state index contributed by atoms with van der Waals surface area (Å²) in [6.07, 6.45) is 0.956. The molecule has 1 rings (SSSR count). The molecular formula is C15H20N2O2. The number of carbonyl (C=O) groups is 1. The van der Waals surface area contributed by atoms with Crippen molar-refractivity contribution < 1.29 is 9.53 Å². The van der Waals surface area contributed by atoms with Gasteiger partial charge in [0, 0.05) is 12.3 Å². The zero-order chi connectivity index (χ0) is 14.3. The number of benzene rings is 1. The highest BCUT2D eigenvalue weighted by atomic mass is 16.5. The maximum absolute atomic E-state index is 11.8. The first kappa shape index (κ1) is 15.0.